The monoisotopic (exact) mass is 281 g/mol. The largest absolute Gasteiger partial charge is 0.326 e. The zero-order valence-corrected chi connectivity index (χ0v) is 11.3. The van der Waals surface area contributed by atoms with Crippen LogP contribution in [-0.4, -0.2) is 23.2 Å². The molecule has 0 saturated carbocycles. The molecule has 7 nitrogen and oxygen atoms in total. The molecule has 0 aliphatic carbocycles. The van der Waals surface area contributed by atoms with Crippen molar-refractivity contribution in [3.63, 3.8) is 0 Å². The first kappa shape index (κ1) is 13.7. The van der Waals surface area contributed by atoms with E-state index in [0.717, 1.165) is 5.56 Å². The van der Waals surface area contributed by atoms with E-state index < -0.39 is 10.0 Å². The molecule has 3 N–H and O–H groups in total. The predicted octanol–water partition coefficient (Wildman–Crippen LogP) is -0.248. The highest BCUT2D eigenvalue weighted by Crippen LogP contribution is 2.10. The van der Waals surface area contributed by atoms with Crippen LogP contribution in [0.2, 0.25) is 0 Å². The molecule has 1 aromatic carbocycles. The molecule has 1 heterocycles. The second-order valence-corrected chi connectivity index (χ2v) is 5.77. The predicted molar refractivity (Wildman–Crippen MR) is 69.4 cm³/mol. The summed E-state index contributed by atoms with van der Waals surface area (Å²) >= 11 is 0. The van der Waals surface area contributed by atoms with Gasteiger partial charge in [-0.3, -0.25) is 4.68 Å². The Labute approximate surface area is 111 Å². The quantitative estimate of drug-likeness (QED) is 0.787. The van der Waals surface area contributed by atoms with Crippen LogP contribution in [0.25, 0.3) is 0 Å². The molecule has 0 amide bonds. The molecular weight excluding hydrogens is 266 g/mol. The smallest absolute Gasteiger partial charge is 0.240 e. The highest BCUT2D eigenvalue weighted by Gasteiger charge is 2.14. The van der Waals surface area contributed by atoms with Crippen molar-refractivity contribution in [2.75, 3.05) is 0 Å². The van der Waals surface area contributed by atoms with Gasteiger partial charge >= 0.3 is 0 Å². The van der Waals surface area contributed by atoms with Crippen LogP contribution < -0.4 is 10.5 Å². The summed E-state index contributed by atoms with van der Waals surface area (Å²) in [6.07, 6.45) is 1.51. The number of aryl methyl sites for hydroxylation is 1. The Morgan fingerprint density at radius 1 is 1.32 bits per heavy atom. The van der Waals surface area contributed by atoms with E-state index in [1.807, 2.05) is 0 Å². The molecule has 2 rings (SSSR count). The third-order valence-electron chi connectivity index (χ3n) is 2.54. The lowest BCUT2D eigenvalue weighted by molar-refractivity contribution is 0.578. The number of aromatic nitrogens is 3. The van der Waals surface area contributed by atoms with Crippen molar-refractivity contribution in [2.45, 2.75) is 18.0 Å². The number of hydrogen-bond acceptors (Lipinski definition) is 5. The average molecular weight is 281 g/mol. The van der Waals surface area contributed by atoms with Crippen molar-refractivity contribution < 1.29 is 8.42 Å². The highest BCUT2D eigenvalue weighted by molar-refractivity contribution is 7.89. The minimum atomic E-state index is -3.55. The molecule has 0 fully saturated rings. The Morgan fingerprint density at radius 2 is 2.00 bits per heavy atom. The van der Waals surface area contributed by atoms with Gasteiger partial charge in [-0.1, -0.05) is 12.1 Å². The zero-order valence-electron chi connectivity index (χ0n) is 10.4. The van der Waals surface area contributed by atoms with Gasteiger partial charge in [0.2, 0.25) is 10.0 Å². The summed E-state index contributed by atoms with van der Waals surface area (Å²) in [5.74, 6) is 0.421. The Morgan fingerprint density at radius 3 is 2.53 bits per heavy atom. The van der Waals surface area contributed by atoms with Crippen LogP contribution in [0.4, 0.5) is 0 Å². The van der Waals surface area contributed by atoms with Crippen LogP contribution in [0.15, 0.2) is 35.5 Å². The fraction of sp³-hybridized carbons (Fsp3) is 0.273. The fourth-order valence-electron chi connectivity index (χ4n) is 1.51. The molecule has 0 aliphatic rings. The Balaban J connectivity index is 2.09. The molecule has 1 aromatic heterocycles. The average Bonchev–Trinajstić information content (AvgIpc) is 2.82. The van der Waals surface area contributed by atoms with Crippen molar-refractivity contribution in [1.29, 1.82) is 0 Å². The van der Waals surface area contributed by atoms with Gasteiger partial charge in [0.1, 0.15) is 6.33 Å². The van der Waals surface area contributed by atoms with Crippen molar-refractivity contribution in [1.82, 2.24) is 19.5 Å². The van der Waals surface area contributed by atoms with E-state index in [4.69, 9.17) is 5.73 Å². The van der Waals surface area contributed by atoms with Gasteiger partial charge in [-0.2, -0.15) is 5.10 Å². The maximum Gasteiger partial charge on any atom is 0.240 e. The molecule has 102 valence electrons. The number of sulfonamides is 1. The Bertz CT molecular complexity index is 648. The molecule has 0 radical (unpaired) electrons. The van der Waals surface area contributed by atoms with E-state index in [2.05, 4.69) is 14.8 Å². The van der Waals surface area contributed by atoms with Gasteiger partial charge in [0, 0.05) is 13.6 Å². The van der Waals surface area contributed by atoms with Gasteiger partial charge in [0.15, 0.2) is 5.82 Å². The van der Waals surface area contributed by atoms with E-state index >= 15 is 0 Å². The number of hydrogen-bond donors (Lipinski definition) is 2. The van der Waals surface area contributed by atoms with Crippen LogP contribution in [0.5, 0.6) is 0 Å². The number of nitrogens with zero attached hydrogens (tertiary/aromatic N) is 3. The molecule has 8 heteroatoms. The van der Waals surface area contributed by atoms with Crippen LogP contribution in [0.1, 0.15) is 11.4 Å². The fourth-order valence-corrected chi connectivity index (χ4v) is 2.49. The summed E-state index contributed by atoms with van der Waals surface area (Å²) in [6, 6.07) is 6.42. The lowest BCUT2D eigenvalue weighted by Crippen LogP contribution is -2.24. The summed E-state index contributed by atoms with van der Waals surface area (Å²) in [4.78, 5) is 4.14. The zero-order chi connectivity index (χ0) is 13.9. The third kappa shape index (κ3) is 3.37. The van der Waals surface area contributed by atoms with Crippen LogP contribution in [0.3, 0.4) is 0 Å². The number of benzene rings is 1. The van der Waals surface area contributed by atoms with Crippen molar-refractivity contribution in [2.24, 2.45) is 12.8 Å². The third-order valence-corrected chi connectivity index (χ3v) is 3.95. The first-order valence-corrected chi connectivity index (χ1v) is 7.13. The molecular formula is C11H15N5O2S. The lowest BCUT2D eigenvalue weighted by Gasteiger charge is -2.05. The topological polar surface area (TPSA) is 103 Å². The molecule has 0 unspecified atom stereocenters. The maximum absolute atomic E-state index is 12.0. The summed E-state index contributed by atoms with van der Waals surface area (Å²) in [7, 11) is -1.84. The van der Waals surface area contributed by atoms with E-state index in [9.17, 15) is 8.42 Å². The van der Waals surface area contributed by atoms with Crippen molar-refractivity contribution >= 4 is 10.0 Å². The van der Waals surface area contributed by atoms with Gasteiger partial charge in [-0.25, -0.2) is 18.1 Å². The van der Waals surface area contributed by atoms with E-state index in [0.29, 0.717) is 12.4 Å². The minimum Gasteiger partial charge on any atom is -0.326 e. The van der Waals surface area contributed by atoms with E-state index in [1.165, 1.54) is 23.1 Å². The molecule has 19 heavy (non-hydrogen) atoms. The van der Waals surface area contributed by atoms with E-state index in [-0.39, 0.29) is 11.4 Å². The highest BCUT2D eigenvalue weighted by atomic mass is 32.2. The van der Waals surface area contributed by atoms with Crippen LogP contribution in [-0.2, 0) is 30.2 Å². The summed E-state index contributed by atoms with van der Waals surface area (Å²) in [5.41, 5.74) is 6.34. The molecule has 0 saturated heterocycles. The molecule has 0 atom stereocenters. The van der Waals surface area contributed by atoms with Crippen molar-refractivity contribution in [3.8, 4) is 0 Å². The Kier molecular flexibility index (Phi) is 3.93. The first-order valence-electron chi connectivity index (χ1n) is 5.64. The summed E-state index contributed by atoms with van der Waals surface area (Å²) in [6.45, 7) is 0.438. The van der Waals surface area contributed by atoms with Gasteiger partial charge in [0.25, 0.3) is 0 Å². The molecule has 2 aromatic rings. The number of rotatable bonds is 5. The molecule has 0 aliphatic heterocycles. The second kappa shape index (κ2) is 5.47. The standard InChI is InChI=1S/C11H15N5O2S/c1-16-8-13-11(15-16)7-14-19(17,18)10-4-2-9(6-12)3-5-10/h2-5,8,14H,6-7,12H2,1H3. The van der Waals surface area contributed by atoms with Crippen LogP contribution >= 0.6 is 0 Å². The van der Waals surface area contributed by atoms with E-state index in [1.54, 1.807) is 19.2 Å². The summed E-state index contributed by atoms with van der Waals surface area (Å²) in [5, 5.41) is 4.00. The van der Waals surface area contributed by atoms with Crippen LogP contribution in [0, 0.1) is 0 Å². The second-order valence-electron chi connectivity index (χ2n) is 4.01. The van der Waals surface area contributed by atoms with Gasteiger partial charge in [0.05, 0.1) is 11.4 Å². The van der Waals surface area contributed by atoms with Gasteiger partial charge < -0.3 is 5.73 Å². The van der Waals surface area contributed by atoms with Gasteiger partial charge in [-0.05, 0) is 17.7 Å². The van der Waals surface area contributed by atoms with Gasteiger partial charge in [-0.15, -0.1) is 0 Å². The molecule has 0 spiro atoms. The Hall–Kier alpha value is -1.77. The normalized spacial score (nSPS) is 11.7. The molecule has 0 bridgehead atoms. The SMILES string of the molecule is Cn1cnc(CNS(=O)(=O)c2ccc(CN)cc2)n1. The van der Waals surface area contributed by atoms with Crippen molar-refractivity contribution in [3.05, 3.63) is 42.0 Å². The summed E-state index contributed by atoms with van der Waals surface area (Å²) < 4.78 is 28.0. The number of nitrogens with one attached hydrogen (secondary N) is 1. The number of nitrogens with two attached hydrogens (primary N) is 1. The lowest BCUT2D eigenvalue weighted by atomic mass is 10.2. The first-order chi connectivity index (χ1) is 9.01. The minimum absolute atomic E-state index is 0.0574. The maximum atomic E-state index is 12.0.